The summed E-state index contributed by atoms with van der Waals surface area (Å²) in [5.41, 5.74) is 5.88. The van der Waals surface area contributed by atoms with Crippen LogP contribution in [0.5, 0.6) is 5.75 Å². The summed E-state index contributed by atoms with van der Waals surface area (Å²) in [6, 6.07) is 3.90. The Morgan fingerprint density at radius 3 is 2.43 bits per heavy atom. The monoisotopic (exact) mass is 225 g/mol. The Balaban J connectivity index is 2.89. The Labute approximate surface area is 83.4 Å². The molecule has 0 spiro atoms. The third kappa shape index (κ3) is 2.99. The molecule has 0 aliphatic rings. The van der Waals surface area contributed by atoms with E-state index in [-0.39, 0.29) is 11.6 Å². The van der Waals surface area contributed by atoms with E-state index in [1.54, 1.807) is 0 Å². The predicted octanol–water partition coefficient (Wildman–Crippen LogP) is 2.91. The quantitative estimate of drug-likeness (QED) is 0.621. The summed E-state index contributed by atoms with van der Waals surface area (Å²) >= 11 is 5.47. The van der Waals surface area contributed by atoms with Crippen LogP contribution in [-0.4, -0.2) is 6.36 Å². The van der Waals surface area contributed by atoms with E-state index in [0.29, 0.717) is 5.56 Å². The summed E-state index contributed by atoms with van der Waals surface area (Å²) in [5, 5.41) is 0. The number of nitrogen functional groups attached to an aromatic ring is 1. The lowest BCUT2D eigenvalue weighted by Gasteiger charge is -2.11. The lowest BCUT2D eigenvalue weighted by molar-refractivity contribution is -0.274. The molecule has 14 heavy (non-hydrogen) atoms. The average Bonchev–Trinajstić information content (AvgIpc) is 2.06. The molecule has 0 saturated carbocycles. The Morgan fingerprint density at radius 1 is 1.36 bits per heavy atom. The fourth-order valence-corrected chi connectivity index (χ4v) is 1.06. The Bertz CT molecular complexity index is 327. The minimum Gasteiger partial charge on any atom is -0.404 e. The van der Waals surface area contributed by atoms with Crippen molar-refractivity contribution in [3.8, 4) is 5.75 Å². The minimum absolute atomic E-state index is 0.0829. The van der Waals surface area contributed by atoms with Gasteiger partial charge in [-0.05, 0) is 17.7 Å². The van der Waals surface area contributed by atoms with Gasteiger partial charge >= 0.3 is 6.36 Å². The molecule has 1 aromatic rings. The van der Waals surface area contributed by atoms with Crippen molar-refractivity contribution in [2.45, 2.75) is 12.2 Å². The van der Waals surface area contributed by atoms with Crippen LogP contribution in [0.3, 0.4) is 0 Å². The van der Waals surface area contributed by atoms with E-state index in [9.17, 15) is 13.2 Å². The number of rotatable bonds is 2. The van der Waals surface area contributed by atoms with E-state index in [2.05, 4.69) is 4.74 Å². The fraction of sp³-hybridized carbons (Fsp3) is 0.250. The van der Waals surface area contributed by atoms with E-state index in [4.69, 9.17) is 17.3 Å². The molecular weight excluding hydrogens is 219 g/mol. The predicted molar refractivity (Wildman–Crippen MR) is 47.1 cm³/mol. The summed E-state index contributed by atoms with van der Waals surface area (Å²) < 4.78 is 39.1. The maximum atomic E-state index is 11.8. The normalized spacial score (nSPS) is 11.4. The molecule has 0 heterocycles. The summed E-state index contributed by atoms with van der Waals surface area (Å²) in [6.07, 6.45) is -4.73. The van der Waals surface area contributed by atoms with Crippen molar-refractivity contribution in [3.05, 3.63) is 23.8 Å². The second-order valence-electron chi connectivity index (χ2n) is 2.55. The van der Waals surface area contributed by atoms with Crippen molar-refractivity contribution in [2.24, 2.45) is 0 Å². The minimum atomic E-state index is -4.73. The van der Waals surface area contributed by atoms with Gasteiger partial charge in [0.25, 0.3) is 0 Å². The van der Waals surface area contributed by atoms with Crippen LogP contribution < -0.4 is 10.5 Å². The number of ether oxygens (including phenoxy) is 1. The molecule has 1 aromatic carbocycles. The molecule has 0 atom stereocenters. The highest BCUT2D eigenvalue weighted by Gasteiger charge is 2.31. The Kier molecular flexibility index (Phi) is 3.10. The van der Waals surface area contributed by atoms with Crippen LogP contribution in [0.4, 0.5) is 18.9 Å². The first-order chi connectivity index (χ1) is 6.42. The summed E-state index contributed by atoms with van der Waals surface area (Å²) in [5.74, 6) is -0.220. The van der Waals surface area contributed by atoms with Gasteiger partial charge in [-0.25, -0.2) is 0 Å². The molecule has 0 bridgehead atoms. The molecule has 2 nitrogen and oxygen atoms in total. The van der Waals surface area contributed by atoms with Gasteiger partial charge in [-0.2, -0.15) is 0 Å². The molecule has 0 aliphatic carbocycles. The third-order valence-electron chi connectivity index (χ3n) is 1.45. The highest BCUT2D eigenvalue weighted by atomic mass is 35.5. The maximum absolute atomic E-state index is 11.8. The lowest BCUT2D eigenvalue weighted by Crippen LogP contribution is -2.18. The van der Waals surface area contributed by atoms with Gasteiger partial charge < -0.3 is 10.5 Å². The highest BCUT2D eigenvalue weighted by molar-refractivity contribution is 6.17. The van der Waals surface area contributed by atoms with Crippen molar-refractivity contribution in [1.82, 2.24) is 0 Å². The lowest BCUT2D eigenvalue weighted by atomic mass is 10.2. The Hall–Kier alpha value is -1.10. The Morgan fingerprint density at radius 2 is 2.00 bits per heavy atom. The van der Waals surface area contributed by atoms with E-state index in [1.807, 2.05) is 0 Å². The van der Waals surface area contributed by atoms with Crippen LogP contribution in [0.2, 0.25) is 0 Å². The van der Waals surface area contributed by atoms with Crippen LogP contribution in [0, 0.1) is 0 Å². The first kappa shape index (κ1) is 11.0. The van der Waals surface area contributed by atoms with Crippen molar-refractivity contribution in [2.75, 3.05) is 5.73 Å². The molecule has 2 N–H and O–H groups in total. The van der Waals surface area contributed by atoms with Crippen LogP contribution in [0.15, 0.2) is 18.2 Å². The van der Waals surface area contributed by atoms with E-state index < -0.39 is 12.1 Å². The topological polar surface area (TPSA) is 35.2 Å². The maximum Gasteiger partial charge on any atom is 0.573 e. The van der Waals surface area contributed by atoms with Gasteiger partial charge in [0, 0.05) is 5.88 Å². The number of anilines is 1. The van der Waals surface area contributed by atoms with Gasteiger partial charge in [0.15, 0.2) is 5.75 Å². The van der Waals surface area contributed by atoms with Gasteiger partial charge in [0.05, 0.1) is 5.69 Å². The van der Waals surface area contributed by atoms with Crippen molar-refractivity contribution in [3.63, 3.8) is 0 Å². The van der Waals surface area contributed by atoms with E-state index in [1.165, 1.54) is 12.1 Å². The number of hydrogen-bond donors (Lipinski definition) is 1. The van der Waals surface area contributed by atoms with Gasteiger partial charge in [0.1, 0.15) is 0 Å². The zero-order valence-corrected chi connectivity index (χ0v) is 7.69. The molecule has 6 heteroatoms. The first-order valence-corrected chi connectivity index (χ1v) is 4.16. The second-order valence-corrected chi connectivity index (χ2v) is 2.82. The van der Waals surface area contributed by atoms with Crippen LogP contribution in [0.1, 0.15) is 5.56 Å². The smallest absolute Gasteiger partial charge is 0.404 e. The number of benzene rings is 1. The van der Waals surface area contributed by atoms with Crippen molar-refractivity contribution < 1.29 is 17.9 Å². The molecule has 0 aromatic heterocycles. The molecule has 0 fully saturated rings. The highest BCUT2D eigenvalue weighted by Crippen LogP contribution is 2.29. The van der Waals surface area contributed by atoms with Gasteiger partial charge in [-0.1, -0.05) is 6.07 Å². The van der Waals surface area contributed by atoms with Crippen molar-refractivity contribution in [1.29, 1.82) is 0 Å². The molecular formula is C8H7ClF3NO. The van der Waals surface area contributed by atoms with Gasteiger partial charge in [0.2, 0.25) is 0 Å². The summed E-state index contributed by atoms with van der Waals surface area (Å²) in [7, 11) is 0. The van der Waals surface area contributed by atoms with E-state index in [0.717, 1.165) is 6.07 Å². The van der Waals surface area contributed by atoms with Crippen LogP contribution in [0.25, 0.3) is 0 Å². The number of halogens is 4. The fourth-order valence-electron chi connectivity index (χ4n) is 0.899. The molecule has 0 radical (unpaired) electrons. The zero-order chi connectivity index (χ0) is 10.8. The van der Waals surface area contributed by atoms with Gasteiger partial charge in [-0.15, -0.1) is 24.8 Å². The van der Waals surface area contributed by atoms with Crippen molar-refractivity contribution >= 4 is 17.3 Å². The first-order valence-electron chi connectivity index (χ1n) is 3.62. The molecule has 0 saturated heterocycles. The largest absolute Gasteiger partial charge is 0.573 e. The SMILES string of the molecule is Nc1cc(CCl)ccc1OC(F)(F)F. The van der Waals surface area contributed by atoms with Crippen LogP contribution in [-0.2, 0) is 5.88 Å². The third-order valence-corrected chi connectivity index (χ3v) is 1.76. The molecule has 0 aliphatic heterocycles. The molecule has 0 amide bonds. The van der Waals surface area contributed by atoms with Crippen LogP contribution >= 0.6 is 11.6 Å². The summed E-state index contributed by atoms with van der Waals surface area (Å²) in [4.78, 5) is 0. The second kappa shape index (κ2) is 3.96. The molecule has 1 rings (SSSR count). The molecule has 78 valence electrons. The van der Waals surface area contributed by atoms with E-state index >= 15 is 0 Å². The standard InChI is InChI=1S/C8H7ClF3NO/c9-4-5-1-2-7(6(13)3-5)14-8(10,11)12/h1-3H,4,13H2. The average molecular weight is 226 g/mol. The number of nitrogens with two attached hydrogens (primary N) is 1. The zero-order valence-electron chi connectivity index (χ0n) is 6.94. The number of hydrogen-bond acceptors (Lipinski definition) is 2. The summed E-state index contributed by atoms with van der Waals surface area (Å²) in [6.45, 7) is 0. The molecule has 0 unspecified atom stereocenters. The number of alkyl halides is 4. The van der Waals surface area contributed by atoms with Gasteiger partial charge in [-0.3, -0.25) is 0 Å².